The van der Waals surface area contributed by atoms with E-state index in [0.717, 1.165) is 16.2 Å². The number of carbonyl (C=O) groups is 1. The number of nitrogens with one attached hydrogen (secondary N) is 1. The molecule has 3 aromatic rings. The van der Waals surface area contributed by atoms with Crippen LogP contribution in [0.1, 0.15) is 20.8 Å². The number of hydrogen-bond acceptors (Lipinski definition) is 5. The van der Waals surface area contributed by atoms with Crippen LogP contribution in [0.5, 0.6) is 5.75 Å². The number of benzene rings is 2. The summed E-state index contributed by atoms with van der Waals surface area (Å²) >= 11 is 1.59. The van der Waals surface area contributed by atoms with Gasteiger partial charge >= 0.3 is 0 Å². The van der Waals surface area contributed by atoms with E-state index in [1.54, 1.807) is 41.5 Å². The van der Waals surface area contributed by atoms with Gasteiger partial charge in [-0.3, -0.25) is 4.79 Å². The Morgan fingerprint density at radius 2 is 1.84 bits per heavy atom. The summed E-state index contributed by atoms with van der Waals surface area (Å²) in [4.78, 5) is 15.6. The third-order valence-electron chi connectivity index (χ3n) is 4.71. The predicted molar refractivity (Wildman–Crippen MR) is 128 cm³/mol. The molecule has 6 nitrogen and oxygen atoms in total. The molecule has 0 saturated heterocycles. The van der Waals surface area contributed by atoms with Gasteiger partial charge in [0.05, 0.1) is 4.90 Å². The molecule has 0 radical (unpaired) electrons. The molecule has 32 heavy (non-hydrogen) atoms. The molecular formula is C24H26N2O4S2. The molecule has 0 bridgehead atoms. The van der Waals surface area contributed by atoms with Gasteiger partial charge in [-0.25, -0.2) is 13.1 Å². The summed E-state index contributed by atoms with van der Waals surface area (Å²) in [5.41, 5.74) is 1.39. The molecule has 3 rings (SSSR count). The first-order chi connectivity index (χ1) is 15.4. The average molecular weight is 471 g/mol. The van der Waals surface area contributed by atoms with Crippen molar-refractivity contribution in [2.45, 2.75) is 17.9 Å². The maximum Gasteiger partial charge on any atom is 0.253 e. The maximum absolute atomic E-state index is 12.7. The monoisotopic (exact) mass is 470 g/mol. The standard InChI is InChI=1S/C24H26N2O4S2/c1-3-16-30-21-10-6-19(7-11-21)18-26(2)24(27)20-8-12-23(13-9-20)32(28,29)25-15-14-22-5-4-17-31-22/h3-13,17,25H,1,14-16,18H2,2H3. The third-order valence-corrected chi connectivity index (χ3v) is 7.13. The fraction of sp³-hybridized carbons (Fsp3) is 0.208. The van der Waals surface area contributed by atoms with Crippen LogP contribution in [0, 0.1) is 0 Å². The second-order valence-electron chi connectivity index (χ2n) is 7.16. The topological polar surface area (TPSA) is 75.7 Å². The van der Waals surface area contributed by atoms with Gasteiger partial charge in [0.1, 0.15) is 12.4 Å². The Hall–Kier alpha value is -2.94. The Bertz CT molecular complexity index is 1120. The lowest BCUT2D eigenvalue weighted by atomic mass is 10.1. The van der Waals surface area contributed by atoms with Crippen molar-refractivity contribution in [3.8, 4) is 5.75 Å². The van der Waals surface area contributed by atoms with E-state index in [0.29, 0.717) is 31.7 Å². The Morgan fingerprint density at radius 3 is 2.47 bits per heavy atom. The summed E-state index contributed by atoms with van der Waals surface area (Å²) in [5.74, 6) is 0.551. The van der Waals surface area contributed by atoms with E-state index in [1.165, 1.54) is 12.1 Å². The van der Waals surface area contributed by atoms with Crippen molar-refractivity contribution in [3.05, 3.63) is 94.7 Å². The van der Waals surface area contributed by atoms with Gasteiger partial charge in [0.25, 0.3) is 5.91 Å². The fourth-order valence-electron chi connectivity index (χ4n) is 3.04. The minimum Gasteiger partial charge on any atom is -0.490 e. The summed E-state index contributed by atoms with van der Waals surface area (Å²) in [7, 11) is -1.91. The number of carbonyl (C=O) groups excluding carboxylic acids is 1. The first kappa shape index (κ1) is 23.7. The van der Waals surface area contributed by atoms with E-state index in [2.05, 4.69) is 11.3 Å². The first-order valence-corrected chi connectivity index (χ1v) is 12.5. The molecule has 0 atom stereocenters. The van der Waals surface area contributed by atoms with E-state index in [-0.39, 0.29) is 10.8 Å². The lowest BCUT2D eigenvalue weighted by Crippen LogP contribution is -2.27. The van der Waals surface area contributed by atoms with E-state index < -0.39 is 10.0 Å². The van der Waals surface area contributed by atoms with Crippen LogP contribution in [0.2, 0.25) is 0 Å². The molecule has 0 aliphatic heterocycles. The van der Waals surface area contributed by atoms with E-state index in [9.17, 15) is 13.2 Å². The van der Waals surface area contributed by atoms with Gasteiger partial charge in [0.15, 0.2) is 0 Å². The van der Waals surface area contributed by atoms with Crippen LogP contribution in [0.15, 0.2) is 83.6 Å². The van der Waals surface area contributed by atoms with Crippen LogP contribution in [-0.2, 0) is 23.0 Å². The minimum atomic E-state index is -3.62. The van der Waals surface area contributed by atoms with Crippen molar-refractivity contribution in [1.29, 1.82) is 0 Å². The second-order valence-corrected chi connectivity index (χ2v) is 9.96. The molecule has 0 fully saturated rings. The molecule has 1 amide bonds. The SMILES string of the molecule is C=CCOc1ccc(CN(C)C(=O)c2ccc(S(=O)(=O)NCCc3cccs3)cc2)cc1. The van der Waals surface area contributed by atoms with Crippen LogP contribution in [0.3, 0.4) is 0 Å². The molecule has 0 aliphatic carbocycles. The number of nitrogens with zero attached hydrogens (tertiary/aromatic N) is 1. The lowest BCUT2D eigenvalue weighted by Gasteiger charge is -2.18. The van der Waals surface area contributed by atoms with Gasteiger partial charge in [0, 0.05) is 30.6 Å². The summed E-state index contributed by atoms with van der Waals surface area (Å²) < 4.78 is 33.0. The Kier molecular flexibility index (Phi) is 8.21. The molecule has 1 heterocycles. The minimum absolute atomic E-state index is 0.137. The molecule has 1 N–H and O–H groups in total. The largest absolute Gasteiger partial charge is 0.490 e. The Morgan fingerprint density at radius 1 is 1.12 bits per heavy atom. The molecule has 0 spiro atoms. The quantitative estimate of drug-likeness (QED) is 0.428. The Balaban J connectivity index is 1.56. The zero-order valence-electron chi connectivity index (χ0n) is 17.9. The van der Waals surface area contributed by atoms with Gasteiger partial charge in [0.2, 0.25) is 10.0 Å². The van der Waals surface area contributed by atoms with Crippen LogP contribution in [0.25, 0.3) is 0 Å². The van der Waals surface area contributed by atoms with Crippen molar-refractivity contribution >= 4 is 27.3 Å². The van der Waals surface area contributed by atoms with Crippen LogP contribution < -0.4 is 9.46 Å². The molecule has 2 aromatic carbocycles. The molecule has 0 aliphatic rings. The average Bonchev–Trinajstić information content (AvgIpc) is 3.31. The first-order valence-electron chi connectivity index (χ1n) is 10.1. The van der Waals surface area contributed by atoms with Crippen LogP contribution in [0.4, 0.5) is 0 Å². The molecule has 8 heteroatoms. The van der Waals surface area contributed by atoms with Crippen molar-refractivity contribution < 1.29 is 17.9 Å². The smallest absolute Gasteiger partial charge is 0.253 e. The second kappa shape index (κ2) is 11.1. The summed E-state index contributed by atoms with van der Waals surface area (Å²) in [6.45, 7) is 4.80. The highest BCUT2D eigenvalue weighted by molar-refractivity contribution is 7.89. The predicted octanol–water partition coefficient (Wildman–Crippen LogP) is 4.11. The number of thiophene rings is 1. The van der Waals surface area contributed by atoms with Gasteiger partial charge in [-0.2, -0.15) is 0 Å². The highest BCUT2D eigenvalue weighted by atomic mass is 32.2. The van der Waals surface area contributed by atoms with Gasteiger partial charge in [-0.05, 0) is 59.8 Å². The zero-order chi connectivity index (χ0) is 23.0. The molecule has 0 saturated carbocycles. The third kappa shape index (κ3) is 6.53. The molecule has 1 aromatic heterocycles. The highest BCUT2D eigenvalue weighted by Gasteiger charge is 2.16. The highest BCUT2D eigenvalue weighted by Crippen LogP contribution is 2.16. The van der Waals surface area contributed by atoms with E-state index in [4.69, 9.17) is 4.74 Å². The Labute approximate surface area is 193 Å². The normalized spacial score (nSPS) is 11.2. The maximum atomic E-state index is 12.7. The number of ether oxygens (including phenoxy) is 1. The van der Waals surface area contributed by atoms with Gasteiger partial charge in [-0.1, -0.05) is 30.9 Å². The zero-order valence-corrected chi connectivity index (χ0v) is 19.5. The van der Waals surface area contributed by atoms with Crippen molar-refractivity contribution in [2.24, 2.45) is 0 Å². The summed E-state index contributed by atoms with van der Waals surface area (Å²) in [5, 5.41) is 1.96. The summed E-state index contributed by atoms with van der Waals surface area (Å²) in [6, 6.07) is 17.4. The van der Waals surface area contributed by atoms with Gasteiger partial charge in [-0.15, -0.1) is 11.3 Å². The van der Waals surface area contributed by atoms with Crippen molar-refractivity contribution in [1.82, 2.24) is 9.62 Å². The molecule has 0 unspecified atom stereocenters. The van der Waals surface area contributed by atoms with Crippen molar-refractivity contribution in [3.63, 3.8) is 0 Å². The number of rotatable bonds is 11. The van der Waals surface area contributed by atoms with E-state index >= 15 is 0 Å². The van der Waals surface area contributed by atoms with Crippen molar-refractivity contribution in [2.75, 3.05) is 20.2 Å². The number of hydrogen-bond donors (Lipinski definition) is 1. The molecule has 168 valence electrons. The lowest BCUT2D eigenvalue weighted by molar-refractivity contribution is 0.0785. The number of amides is 1. The van der Waals surface area contributed by atoms with E-state index in [1.807, 2.05) is 41.8 Å². The summed E-state index contributed by atoms with van der Waals surface area (Å²) in [6.07, 6.45) is 2.32. The van der Waals surface area contributed by atoms with Gasteiger partial charge < -0.3 is 9.64 Å². The van der Waals surface area contributed by atoms with Crippen LogP contribution in [-0.4, -0.2) is 39.4 Å². The number of sulfonamides is 1. The molecular weight excluding hydrogens is 444 g/mol. The van der Waals surface area contributed by atoms with Crippen LogP contribution >= 0.6 is 11.3 Å². The fourth-order valence-corrected chi connectivity index (χ4v) is 4.78.